The molecule has 0 amide bonds. The summed E-state index contributed by atoms with van der Waals surface area (Å²) in [7, 11) is 3.91. The molecule has 0 aliphatic heterocycles. The largest absolute Gasteiger partial charge is 0.380 e. The third-order valence-electron chi connectivity index (χ3n) is 1.89. The highest BCUT2D eigenvalue weighted by Gasteiger charge is 2.00. The van der Waals surface area contributed by atoms with Gasteiger partial charge in [-0.2, -0.15) is 0 Å². The second-order valence-corrected chi connectivity index (χ2v) is 3.12. The molecule has 0 saturated heterocycles. The standard InChI is InChI=1S/C11H19N3/c1-7-11(12-4)10(3)13-8-9(2)14(5)6/h7,13H,2-4,8H2,1,5-6H3/b11-7-. The van der Waals surface area contributed by atoms with Crippen LogP contribution in [0.2, 0.25) is 0 Å². The van der Waals surface area contributed by atoms with Gasteiger partial charge in [0.25, 0.3) is 0 Å². The zero-order valence-corrected chi connectivity index (χ0v) is 9.30. The molecule has 0 fully saturated rings. The number of allylic oxidation sites excluding steroid dienone is 1. The number of rotatable bonds is 6. The van der Waals surface area contributed by atoms with Crippen LogP contribution in [0.25, 0.3) is 0 Å². The predicted octanol–water partition coefficient (Wildman–Crippen LogP) is 1.77. The summed E-state index contributed by atoms with van der Waals surface area (Å²) in [5, 5.41) is 3.13. The molecule has 1 N–H and O–H groups in total. The van der Waals surface area contributed by atoms with E-state index in [2.05, 4.69) is 30.2 Å². The monoisotopic (exact) mass is 193 g/mol. The van der Waals surface area contributed by atoms with Gasteiger partial charge in [-0.3, -0.25) is 4.99 Å². The van der Waals surface area contributed by atoms with Crippen LogP contribution < -0.4 is 5.32 Å². The van der Waals surface area contributed by atoms with Gasteiger partial charge in [0, 0.05) is 19.8 Å². The van der Waals surface area contributed by atoms with E-state index in [1.165, 1.54) is 0 Å². The Balaban J connectivity index is 4.09. The van der Waals surface area contributed by atoms with Crippen LogP contribution in [0.5, 0.6) is 0 Å². The van der Waals surface area contributed by atoms with Gasteiger partial charge >= 0.3 is 0 Å². The first-order valence-electron chi connectivity index (χ1n) is 4.44. The van der Waals surface area contributed by atoms with Crippen molar-refractivity contribution in [2.24, 2.45) is 4.99 Å². The normalized spacial score (nSPS) is 10.6. The number of likely N-dealkylation sites (N-methyl/N-ethyl adjacent to an activating group) is 1. The minimum absolute atomic E-state index is 0.665. The van der Waals surface area contributed by atoms with Crippen molar-refractivity contribution in [3.63, 3.8) is 0 Å². The number of nitrogens with zero attached hydrogens (tertiary/aromatic N) is 2. The Labute approximate surface area is 86.5 Å². The molecule has 0 radical (unpaired) electrons. The lowest BCUT2D eigenvalue weighted by Gasteiger charge is -2.17. The van der Waals surface area contributed by atoms with Gasteiger partial charge < -0.3 is 10.2 Å². The Kier molecular flexibility index (Phi) is 5.37. The maximum absolute atomic E-state index is 3.89. The first kappa shape index (κ1) is 12.5. The topological polar surface area (TPSA) is 27.6 Å². The molecule has 0 atom stereocenters. The Bertz CT molecular complexity index is 262. The van der Waals surface area contributed by atoms with E-state index in [4.69, 9.17) is 0 Å². The van der Waals surface area contributed by atoms with Crippen LogP contribution >= 0.6 is 0 Å². The van der Waals surface area contributed by atoms with E-state index in [1.807, 2.05) is 32.0 Å². The van der Waals surface area contributed by atoms with Crippen molar-refractivity contribution >= 4 is 6.72 Å². The zero-order valence-electron chi connectivity index (χ0n) is 9.30. The van der Waals surface area contributed by atoms with E-state index >= 15 is 0 Å². The summed E-state index contributed by atoms with van der Waals surface area (Å²) in [6, 6.07) is 0. The van der Waals surface area contributed by atoms with E-state index in [0.717, 1.165) is 17.1 Å². The average molecular weight is 193 g/mol. The summed E-state index contributed by atoms with van der Waals surface area (Å²) in [6.07, 6.45) is 1.86. The summed E-state index contributed by atoms with van der Waals surface area (Å²) >= 11 is 0. The average Bonchev–Trinajstić information content (AvgIpc) is 2.15. The second-order valence-electron chi connectivity index (χ2n) is 3.12. The lowest BCUT2D eigenvalue weighted by Crippen LogP contribution is -2.23. The van der Waals surface area contributed by atoms with E-state index in [-0.39, 0.29) is 0 Å². The second kappa shape index (κ2) is 6.02. The Morgan fingerprint density at radius 1 is 1.43 bits per heavy atom. The summed E-state index contributed by atoms with van der Waals surface area (Å²) in [5.74, 6) is 0. The highest BCUT2D eigenvalue weighted by atomic mass is 15.1. The van der Waals surface area contributed by atoms with Gasteiger partial charge in [-0.05, 0) is 13.6 Å². The Morgan fingerprint density at radius 2 is 2.00 bits per heavy atom. The Morgan fingerprint density at radius 3 is 2.36 bits per heavy atom. The van der Waals surface area contributed by atoms with Crippen molar-refractivity contribution in [1.29, 1.82) is 0 Å². The fraction of sp³-hybridized carbons (Fsp3) is 0.364. The van der Waals surface area contributed by atoms with Crippen LogP contribution in [0.15, 0.2) is 41.3 Å². The van der Waals surface area contributed by atoms with Crippen molar-refractivity contribution in [1.82, 2.24) is 10.2 Å². The number of hydrogen-bond donors (Lipinski definition) is 1. The molecule has 0 aliphatic rings. The van der Waals surface area contributed by atoms with Crippen LogP contribution in [0.4, 0.5) is 0 Å². The summed E-state index contributed by atoms with van der Waals surface area (Å²) in [4.78, 5) is 5.79. The maximum Gasteiger partial charge on any atom is 0.0805 e. The molecule has 3 heteroatoms. The van der Waals surface area contributed by atoms with E-state index in [9.17, 15) is 0 Å². The minimum Gasteiger partial charge on any atom is -0.380 e. The highest BCUT2D eigenvalue weighted by molar-refractivity contribution is 5.36. The summed E-state index contributed by atoms with van der Waals surface area (Å²) < 4.78 is 0. The van der Waals surface area contributed by atoms with Crippen molar-refractivity contribution < 1.29 is 0 Å². The van der Waals surface area contributed by atoms with Gasteiger partial charge in [-0.25, -0.2) is 0 Å². The van der Waals surface area contributed by atoms with Gasteiger partial charge in [0.05, 0.1) is 17.9 Å². The molecular weight excluding hydrogens is 174 g/mol. The molecule has 3 nitrogen and oxygen atoms in total. The Hall–Kier alpha value is -1.51. The van der Waals surface area contributed by atoms with Gasteiger partial charge in [-0.15, -0.1) is 0 Å². The van der Waals surface area contributed by atoms with Gasteiger partial charge in [0.15, 0.2) is 0 Å². The summed E-state index contributed by atoms with van der Waals surface area (Å²) in [5.41, 5.74) is 2.53. The van der Waals surface area contributed by atoms with Crippen molar-refractivity contribution in [2.45, 2.75) is 6.92 Å². The van der Waals surface area contributed by atoms with E-state index in [1.54, 1.807) is 0 Å². The molecule has 0 aromatic heterocycles. The predicted molar refractivity (Wildman–Crippen MR) is 63.3 cm³/mol. The molecule has 0 aliphatic carbocycles. The molecular formula is C11H19N3. The van der Waals surface area contributed by atoms with Gasteiger partial charge in [0.1, 0.15) is 0 Å². The SMILES string of the molecule is C=N/C(=C\C)C(=C)NCC(=C)N(C)C. The quantitative estimate of drug-likeness (QED) is 0.514. The molecule has 0 saturated carbocycles. The maximum atomic E-state index is 3.89. The van der Waals surface area contributed by atoms with Gasteiger partial charge in [0.2, 0.25) is 0 Å². The first-order chi connectivity index (χ1) is 6.52. The third kappa shape index (κ3) is 3.94. The molecule has 0 aromatic rings. The van der Waals surface area contributed by atoms with E-state index < -0.39 is 0 Å². The molecule has 14 heavy (non-hydrogen) atoms. The third-order valence-corrected chi connectivity index (χ3v) is 1.89. The lowest BCUT2D eigenvalue weighted by atomic mass is 10.3. The van der Waals surface area contributed by atoms with Gasteiger partial charge in [-0.1, -0.05) is 19.2 Å². The molecule has 0 rings (SSSR count). The zero-order chi connectivity index (χ0) is 11.1. The summed E-state index contributed by atoms with van der Waals surface area (Å²) in [6.45, 7) is 13.8. The molecule has 0 unspecified atom stereocenters. The minimum atomic E-state index is 0.665. The number of nitrogens with one attached hydrogen (secondary N) is 1. The molecule has 0 aromatic carbocycles. The number of hydrogen-bond acceptors (Lipinski definition) is 3. The van der Waals surface area contributed by atoms with Crippen LogP contribution in [-0.4, -0.2) is 32.3 Å². The molecule has 0 bridgehead atoms. The molecule has 0 spiro atoms. The lowest BCUT2D eigenvalue weighted by molar-refractivity contribution is 0.494. The fourth-order valence-corrected chi connectivity index (χ4v) is 0.818. The van der Waals surface area contributed by atoms with Crippen molar-refractivity contribution in [3.8, 4) is 0 Å². The van der Waals surface area contributed by atoms with Crippen LogP contribution in [0.1, 0.15) is 6.92 Å². The van der Waals surface area contributed by atoms with Crippen molar-refractivity contribution in [3.05, 3.63) is 36.3 Å². The highest BCUT2D eigenvalue weighted by Crippen LogP contribution is 2.05. The number of aliphatic imine (C=N–C) groups is 1. The van der Waals surface area contributed by atoms with Crippen LogP contribution in [0, 0.1) is 0 Å². The molecule has 78 valence electrons. The molecule has 0 heterocycles. The first-order valence-corrected chi connectivity index (χ1v) is 4.44. The van der Waals surface area contributed by atoms with E-state index in [0.29, 0.717) is 6.54 Å². The van der Waals surface area contributed by atoms with Crippen LogP contribution in [0.3, 0.4) is 0 Å². The fourth-order valence-electron chi connectivity index (χ4n) is 0.818. The smallest absolute Gasteiger partial charge is 0.0805 e. The van der Waals surface area contributed by atoms with Crippen molar-refractivity contribution in [2.75, 3.05) is 20.6 Å². The van der Waals surface area contributed by atoms with Crippen LogP contribution in [-0.2, 0) is 0 Å².